The normalized spacial score (nSPS) is 21.7. The van der Waals surface area contributed by atoms with Crippen LogP contribution in [0.5, 0.6) is 0 Å². The van der Waals surface area contributed by atoms with Gasteiger partial charge in [-0.05, 0) is 30.5 Å². The predicted molar refractivity (Wildman–Crippen MR) is 99.5 cm³/mol. The average Bonchev–Trinajstić information content (AvgIpc) is 2.84. The first-order valence-electron chi connectivity index (χ1n) is 9.07. The van der Waals surface area contributed by atoms with Crippen LogP contribution in [-0.4, -0.2) is 35.5 Å². The van der Waals surface area contributed by atoms with Gasteiger partial charge in [-0.25, -0.2) is 8.42 Å². The summed E-state index contributed by atoms with van der Waals surface area (Å²) in [4.78, 5) is 23.4. The lowest BCUT2D eigenvalue weighted by molar-refractivity contribution is -0.138. The number of aliphatic carboxylic acids is 1. The Balaban J connectivity index is 2.10. The number of fused-ring (bicyclic) bond motifs is 2. The summed E-state index contributed by atoms with van der Waals surface area (Å²) in [6, 6.07) is 2.86. The SMILES string of the molecule is CCCC[C@]1(CC)CS(=O)(=O)c2cc3c(=O)n(CC(=O)O)oc3cc2CN1. The Morgan fingerprint density at radius 3 is 2.74 bits per heavy atom. The lowest BCUT2D eigenvalue weighted by atomic mass is 9.91. The van der Waals surface area contributed by atoms with E-state index < -0.39 is 33.4 Å². The van der Waals surface area contributed by atoms with Crippen LogP contribution in [0, 0.1) is 0 Å². The second kappa shape index (κ2) is 7.12. The molecular formula is C18H24N2O6S. The van der Waals surface area contributed by atoms with E-state index >= 15 is 0 Å². The summed E-state index contributed by atoms with van der Waals surface area (Å²) in [5, 5.41) is 12.4. The van der Waals surface area contributed by atoms with Crippen molar-refractivity contribution in [1.82, 2.24) is 10.1 Å². The van der Waals surface area contributed by atoms with Crippen molar-refractivity contribution in [2.24, 2.45) is 0 Å². The standard InChI is InChI=1S/C18H24N2O6S/c1-3-5-6-18(4-2)11-27(24,25)15-8-13-14(7-12(15)9-19-18)26-20(17(13)23)10-16(21)22/h7-8,19H,3-6,9-11H2,1-2H3,(H,21,22)/t18-/m1/s1. The quantitative estimate of drug-likeness (QED) is 0.765. The van der Waals surface area contributed by atoms with Gasteiger partial charge in [-0.1, -0.05) is 26.7 Å². The highest BCUT2D eigenvalue weighted by Crippen LogP contribution is 2.32. The van der Waals surface area contributed by atoms with Gasteiger partial charge in [0.2, 0.25) is 0 Å². The molecule has 0 saturated carbocycles. The van der Waals surface area contributed by atoms with Crippen LogP contribution in [0.3, 0.4) is 0 Å². The van der Waals surface area contributed by atoms with Gasteiger partial charge in [0.25, 0.3) is 5.56 Å². The Morgan fingerprint density at radius 1 is 1.37 bits per heavy atom. The zero-order valence-electron chi connectivity index (χ0n) is 15.4. The van der Waals surface area contributed by atoms with Crippen LogP contribution >= 0.6 is 0 Å². The minimum absolute atomic E-state index is 0.0316. The van der Waals surface area contributed by atoms with Crippen LogP contribution in [0.4, 0.5) is 0 Å². The van der Waals surface area contributed by atoms with E-state index in [-0.39, 0.29) is 21.6 Å². The molecule has 1 atom stereocenters. The molecule has 0 saturated heterocycles. The molecule has 1 aromatic carbocycles. The number of rotatable bonds is 6. The van der Waals surface area contributed by atoms with Crippen molar-refractivity contribution in [3.05, 3.63) is 28.0 Å². The van der Waals surface area contributed by atoms with Gasteiger partial charge in [0.05, 0.1) is 16.0 Å². The molecule has 148 valence electrons. The predicted octanol–water partition coefficient (Wildman–Crippen LogP) is 1.90. The van der Waals surface area contributed by atoms with Gasteiger partial charge in [0, 0.05) is 12.1 Å². The molecule has 2 heterocycles. The topological polar surface area (TPSA) is 119 Å². The molecule has 2 N–H and O–H groups in total. The number of carbonyl (C=O) groups is 1. The zero-order chi connectivity index (χ0) is 19.8. The zero-order valence-corrected chi connectivity index (χ0v) is 16.3. The monoisotopic (exact) mass is 396 g/mol. The van der Waals surface area contributed by atoms with Gasteiger partial charge in [-0.15, -0.1) is 0 Å². The van der Waals surface area contributed by atoms with Gasteiger partial charge in [0.1, 0.15) is 0 Å². The fourth-order valence-electron chi connectivity index (χ4n) is 3.65. The molecule has 27 heavy (non-hydrogen) atoms. The maximum Gasteiger partial charge on any atom is 0.326 e. The lowest BCUT2D eigenvalue weighted by Gasteiger charge is -2.32. The van der Waals surface area contributed by atoms with E-state index in [1.54, 1.807) is 0 Å². The third-order valence-corrected chi connectivity index (χ3v) is 7.23. The van der Waals surface area contributed by atoms with Crippen molar-refractivity contribution in [1.29, 1.82) is 0 Å². The number of benzene rings is 1. The molecule has 0 amide bonds. The summed E-state index contributed by atoms with van der Waals surface area (Å²) in [5.41, 5.74) is -0.422. The highest BCUT2D eigenvalue weighted by molar-refractivity contribution is 7.91. The van der Waals surface area contributed by atoms with Crippen molar-refractivity contribution in [2.75, 3.05) is 5.75 Å². The second-order valence-electron chi connectivity index (χ2n) is 7.13. The van der Waals surface area contributed by atoms with Gasteiger partial charge in [-0.3, -0.25) is 9.59 Å². The first-order valence-corrected chi connectivity index (χ1v) is 10.7. The molecular weight excluding hydrogens is 372 g/mol. The summed E-state index contributed by atoms with van der Waals surface area (Å²) in [5.74, 6) is -1.24. The summed E-state index contributed by atoms with van der Waals surface area (Å²) in [6.45, 7) is 3.78. The van der Waals surface area contributed by atoms with Crippen LogP contribution in [0.25, 0.3) is 11.0 Å². The Labute approximate surface area is 157 Å². The van der Waals surface area contributed by atoms with Gasteiger partial charge < -0.3 is 14.9 Å². The molecule has 8 nitrogen and oxygen atoms in total. The number of carboxylic acid groups (broad SMARTS) is 1. The highest BCUT2D eigenvalue weighted by Gasteiger charge is 2.38. The molecule has 0 fully saturated rings. The molecule has 1 aliphatic heterocycles. The van der Waals surface area contributed by atoms with Crippen molar-refractivity contribution in [3.63, 3.8) is 0 Å². The first-order chi connectivity index (χ1) is 12.7. The van der Waals surface area contributed by atoms with Crippen LogP contribution < -0.4 is 10.9 Å². The first kappa shape index (κ1) is 19.6. The maximum absolute atomic E-state index is 13.1. The van der Waals surface area contributed by atoms with E-state index in [9.17, 15) is 18.0 Å². The van der Waals surface area contributed by atoms with Crippen LogP contribution in [0.15, 0.2) is 26.3 Å². The molecule has 2 aromatic rings. The number of nitrogens with zero attached hydrogens (tertiary/aromatic N) is 1. The van der Waals surface area contributed by atoms with Crippen molar-refractivity contribution in [3.8, 4) is 0 Å². The number of hydrogen-bond acceptors (Lipinski definition) is 6. The van der Waals surface area contributed by atoms with Crippen molar-refractivity contribution in [2.45, 2.75) is 63.1 Å². The molecule has 3 rings (SSSR count). The van der Waals surface area contributed by atoms with Gasteiger partial charge >= 0.3 is 5.97 Å². The van der Waals surface area contributed by atoms with Crippen LogP contribution in [0.2, 0.25) is 0 Å². The summed E-state index contributed by atoms with van der Waals surface area (Å²) in [6.07, 6.45) is 3.35. The van der Waals surface area contributed by atoms with E-state index in [1.165, 1.54) is 12.1 Å². The number of unbranched alkanes of at least 4 members (excludes halogenated alkanes) is 1. The summed E-state index contributed by atoms with van der Waals surface area (Å²) >= 11 is 0. The third kappa shape index (κ3) is 3.66. The van der Waals surface area contributed by atoms with E-state index in [1.807, 2.05) is 6.92 Å². The fraction of sp³-hybridized carbons (Fsp3) is 0.556. The molecule has 0 spiro atoms. The second-order valence-corrected chi connectivity index (χ2v) is 9.09. The number of hydrogen-bond donors (Lipinski definition) is 2. The van der Waals surface area contributed by atoms with E-state index in [2.05, 4.69) is 12.2 Å². The Morgan fingerprint density at radius 2 is 2.11 bits per heavy atom. The number of nitrogens with one attached hydrogen (secondary N) is 1. The van der Waals surface area contributed by atoms with Gasteiger partial charge in [0.15, 0.2) is 22.0 Å². The maximum atomic E-state index is 13.1. The Hall–Kier alpha value is -2.13. The van der Waals surface area contributed by atoms with E-state index in [4.69, 9.17) is 9.63 Å². The number of sulfone groups is 1. The summed E-state index contributed by atoms with van der Waals surface area (Å²) < 4.78 is 32.2. The molecule has 0 aliphatic carbocycles. The third-order valence-electron chi connectivity index (χ3n) is 5.25. The van der Waals surface area contributed by atoms with Crippen molar-refractivity contribution < 1.29 is 22.8 Å². The van der Waals surface area contributed by atoms with Crippen LogP contribution in [-0.2, 0) is 27.7 Å². The lowest BCUT2D eigenvalue weighted by Crippen LogP contribution is -2.48. The van der Waals surface area contributed by atoms with Gasteiger partial charge in [-0.2, -0.15) is 4.74 Å². The minimum Gasteiger partial charge on any atom is -0.480 e. The largest absolute Gasteiger partial charge is 0.480 e. The minimum atomic E-state index is -3.62. The summed E-state index contributed by atoms with van der Waals surface area (Å²) in [7, 11) is -3.62. The Kier molecular flexibility index (Phi) is 5.18. The Bertz CT molecular complexity index is 1040. The van der Waals surface area contributed by atoms with Crippen molar-refractivity contribution >= 4 is 26.8 Å². The smallest absolute Gasteiger partial charge is 0.326 e. The molecule has 1 aliphatic rings. The number of carboxylic acids is 1. The number of aromatic nitrogens is 1. The van der Waals surface area contributed by atoms with E-state index in [0.29, 0.717) is 18.5 Å². The van der Waals surface area contributed by atoms with Crippen LogP contribution in [0.1, 0.15) is 45.1 Å². The fourth-order valence-corrected chi connectivity index (χ4v) is 5.81. The molecule has 0 bridgehead atoms. The molecule has 1 aromatic heterocycles. The van der Waals surface area contributed by atoms with E-state index in [0.717, 1.165) is 24.0 Å². The molecule has 0 unspecified atom stereocenters. The molecule has 9 heteroatoms. The molecule has 0 radical (unpaired) electrons. The highest BCUT2D eigenvalue weighted by atomic mass is 32.2. The average molecular weight is 396 g/mol.